The van der Waals surface area contributed by atoms with Crippen LogP contribution in [0.3, 0.4) is 0 Å². The van der Waals surface area contributed by atoms with Crippen molar-refractivity contribution in [2.45, 2.75) is 25.7 Å². The summed E-state index contributed by atoms with van der Waals surface area (Å²) in [6, 6.07) is 3.56. The van der Waals surface area contributed by atoms with E-state index >= 15 is 0 Å². The minimum Gasteiger partial charge on any atom is -0.352 e. The molecular weight excluding hydrogens is 226 g/mol. The molecule has 2 rings (SSSR count). The van der Waals surface area contributed by atoms with E-state index in [0.717, 1.165) is 13.1 Å². The maximum Gasteiger partial charge on any atom is 0.252 e. The number of pyridine rings is 1. The Morgan fingerprint density at radius 2 is 2.06 bits per heavy atom. The SMILES string of the molecule is NCC1CCC(CNC(=O)c2cccnc2)CC1. The van der Waals surface area contributed by atoms with E-state index in [2.05, 4.69) is 10.3 Å². The molecular formula is C14H21N3O. The third-order valence-electron chi connectivity index (χ3n) is 3.77. The van der Waals surface area contributed by atoms with Crippen LogP contribution in [-0.4, -0.2) is 24.0 Å². The van der Waals surface area contributed by atoms with Gasteiger partial charge in [0.1, 0.15) is 0 Å². The Hall–Kier alpha value is -1.42. The van der Waals surface area contributed by atoms with Crippen LogP contribution in [0.1, 0.15) is 36.0 Å². The second kappa shape index (κ2) is 6.50. The zero-order chi connectivity index (χ0) is 12.8. The smallest absolute Gasteiger partial charge is 0.252 e. The summed E-state index contributed by atoms with van der Waals surface area (Å²) in [5, 5.41) is 2.99. The van der Waals surface area contributed by atoms with E-state index < -0.39 is 0 Å². The fourth-order valence-corrected chi connectivity index (χ4v) is 2.51. The maximum atomic E-state index is 11.8. The highest BCUT2D eigenvalue weighted by Gasteiger charge is 2.20. The van der Waals surface area contributed by atoms with Crippen molar-refractivity contribution in [2.75, 3.05) is 13.1 Å². The van der Waals surface area contributed by atoms with Crippen molar-refractivity contribution >= 4 is 5.91 Å². The molecule has 0 unspecified atom stereocenters. The number of nitrogens with two attached hydrogens (primary N) is 1. The second-order valence-electron chi connectivity index (χ2n) is 5.07. The molecule has 4 nitrogen and oxygen atoms in total. The third-order valence-corrected chi connectivity index (χ3v) is 3.77. The minimum absolute atomic E-state index is 0.0240. The summed E-state index contributed by atoms with van der Waals surface area (Å²) in [4.78, 5) is 15.8. The minimum atomic E-state index is -0.0240. The van der Waals surface area contributed by atoms with Gasteiger partial charge in [-0.15, -0.1) is 0 Å². The van der Waals surface area contributed by atoms with Crippen LogP contribution in [-0.2, 0) is 0 Å². The highest BCUT2D eigenvalue weighted by molar-refractivity contribution is 5.93. The van der Waals surface area contributed by atoms with Crippen LogP contribution >= 0.6 is 0 Å². The van der Waals surface area contributed by atoms with E-state index in [4.69, 9.17) is 5.73 Å². The Kier molecular flexibility index (Phi) is 4.70. The van der Waals surface area contributed by atoms with Gasteiger partial charge in [0, 0.05) is 18.9 Å². The van der Waals surface area contributed by atoms with Crippen molar-refractivity contribution in [3.63, 3.8) is 0 Å². The fraction of sp³-hybridized carbons (Fsp3) is 0.571. The zero-order valence-electron chi connectivity index (χ0n) is 10.6. The Morgan fingerprint density at radius 1 is 1.33 bits per heavy atom. The number of hydrogen-bond donors (Lipinski definition) is 2. The number of nitrogens with one attached hydrogen (secondary N) is 1. The van der Waals surface area contributed by atoms with Gasteiger partial charge < -0.3 is 11.1 Å². The molecule has 1 saturated carbocycles. The molecule has 1 amide bonds. The first-order chi connectivity index (χ1) is 8.79. The van der Waals surface area contributed by atoms with E-state index in [9.17, 15) is 4.79 Å². The van der Waals surface area contributed by atoms with Gasteiger partial charge in [0.25, 0.3) is 5.91 Å². The predicted molar refractivity (Wildman–Crippen MR) is 71.1 cm³/mol. The molecule has 1 aromatic rings. The highest BCUT2D eigenvalue weighted by atomic mass is 16.1. The van der Waals surface area contributed by atoms with Gasteiger partial charge in [0.05, 0.1) is 5.56 Å². The van der Waals surface area contributed by atoms with Gasteiger partial charge in [-0.05, 0) is 56.2 Å². The maximum absolute atomic E-state index is 11.8. The summed E-state index contributed by atoms with van der Waals surface area (Å²) < 4.78 is 0. The summed E-state index contributed by atoms with van der Waals surface area (Å²) in [5.41, 5.74) is 6.30. The lowest BCUT2D eigenvalue weighted by molar-refractivity contribution is 0.0941. The average Bonchev–Trinajstić information content (AvgIpc) is 2.46. The number of nitrogens with zero attached hydrogens (tertiary/aromatic N) is 1. The van der Waals surface area contributed by atoms with Crippen molar-refractivity contribution in [1.82, 2.24) is 10.3 Å². The molecule has 0 saturated heterocycles. The number of hydrogen-bond acceptors (Lipinski definition) is 3. The lowest BCUT2D eigenvalue weighted by Crippen LogP contribution is -2.32. The Morgan fingerprint density at radius 3 is 2.67 bits per heavy atom. The molecule has 1 heterocycles. The van der Waals surface area contributed by atoms with Crippen molar-refractivity contribution < 1.29 is 4.79 Å². The highest BCUT2D eigenvalue weighted by Crippen LogP contribution is 2.27. The molecule has 0 bridgehead atoms. The monoisotopic (exact) mass is 247 g/mol. The zero-order valence-corrected chi connectivity index (χ0v) is 10.6. The van der Waals surface area contributed by atoms with Crippen molar-refractivity contribution in [2.24, 2.45) is 17.6 Å². The van der Waals surface area contributed by atoms with Crippen LogP contribution in [0.4, 0.5) is 0 Å². The molecule has 0 radical (unpaired) electrons. The third kappa shape index (κ3) is 3.53. The van der Waals surface area contributed by atoms with E-state index in [1.165, 1.54) is 25.7 Å². The summed E-state index contributed by atoms with van der Waals surface area (Å²) in [5.74, 6) is 1.27. The second-order valence-corrected chi connectivity index (χ2v) is 5.07. The first-order valence-electron chi connectivity index (χ1n) is 6.68. The average molecular weight is 247 g/mol. The van der Waals surface area contributed by atoms with Crippen LogP contribution in [0, 0.1) is 11.8 Å². The van der Waals surface area contributed by atoms with Gasteiger partial charge >= 0.3 is 0 Å². The normalized spacial score (nSPS) is 23.6. The van der Waals surface area contributed by atoms with Crippen LogP contribution in [0.2, 0.25) is 0 Å². The standard InChI is InChI=1S/C14H21N3O/c15-8-11-3-5-12(6-4-11)9-17-14(18)13-2-1-7-16-10-13/h1-2,7,10-12H,3-6,8-9,15H2,(H,17,18). The van der Waals surface area contributed by atoms with Crippen molar-refractivity contribution in [1.29, 1.82) is 0 Å². The van der Waals surface area contributed by atoms with Gasteiger partial charge in [-0.1, -0.05) is 0 Å². The molecule has 1 aromatic heterocycles. The quantitative estimate of drug-likeness (QED) is 0.848. The van der Waals surface area contributed by atoms with E-state index in [1.54, 1.807) is 24.5 Å². The predicted octanol–water partition coefficient (Wildman–Crippen LogP) is 1.58. The number of carbonyl (C=O) groups excluding carboxylic acids is 1. The van der Waals surface area contributed by atoms with Crippen LogP contribution in [0.25, 0.3) is 0 Å². The summed E-state index contributed by atoms with van der Waals surface area (Å²) >= 11 is 0. The molecule has 18 heavy (non-hydrogen) atoms. The molecule has 4 heteroatoms. The first kappa shape index (κ1) is 13.0. The van der Waals surface area contributed by atoms with Gasteiger partial charge in [-0.25, -0.2) is 0 Å². The number of carbonyl (C=O) groups is 1. The lowest BCUT2D eigenvalue weighted by Gasteiger charge is -2.27. The molecule has 98 valence electrons. The largest absolute Gasteiger partial charge is 0.352 e. The summed E-state index contributed by atoms with van der Waals surface area (Å²) in [6.07, 6.45) is 8.02. The van der Waals surface area contributed by atoms with Gasteiger partial charge in [-0.3, -0.25) is 9.78 Å². The number of rotatable bonds is 4. The lowest BCUT2D eigenvalue weighted by atomic mass is 9.82. The molecule has 1 aliphatic carbocycles. The number of amides is 1. The first-order valence-corrected chi connectivity index (χ1v) is 6.68. The van der Waals surface area contributed by atoms with Crippen LogP contribution in [0.15, 0.2) is 24.5 Å². The molecule has 3 N–H and O–H groups in total. The van der Waals surface area contributed by atoms with Gasteiger partial charge in [0.2, 0.25) is 0 Å². The Labute approximate surface area is 108 Å². The van der Waals surface area contributed by atoms with E-state index in [1.807, 2.05) is 0 Å². The molecule has 0 aliphatic heterocycles. The molecule has 0 aromatic carbocycles. The van der Waals surface area contributed by atoms with Crippen LogP contribution in [0.5, 0.6) is 0 Å². The molecule has 1 aliphatic rings. The Balaban J connectivity index is 1.74. The van der Waals surface area contributed by atoms with Crippen molar-refractivity contribution in [3.8, 4) is 0 Å². The van der Waals surface area contributed by atoms with Crippen LogP contribution < -0.4 is 11.1 Å². The fourth-order valence-electron chi connectivity index (χ4n) is 2.51. The summed E-state index contributed by atoms with van der Waals surface area (Å²) in [6.45, 7) is 1.57. The summed E-state index contributed by atoms with van der Waals surface area (Å²) in [7, 11) is 0. The van der Waals surface area contributed by atoms with E-state index in [0.29, 0.717) is 17.4 Å². The van der Waals surface area contributed by atoms with Gasteiger partial charge in [0.15, 0.2) is 0 Å². The topological polar surface area (TPSA) is 68.0 Å². The van der Waals surface area contributed by atoms with Gasteiger partial charge in [-0.2, -0.15) is 0 Å². The Bertz CT molecular complexity index is 372. The molecule has 0 atom stereocenters. The molecule has 0 spiro atoms. The van der Waals surface area contributed by atoms with Crippen molar-refractivity contribution in [3.05, 3.63) is 30.1 Å². The van der Waals surface area contributed by atoms with E-state index in [-0.39, 0.29) is 5.91 Å². The molecule has 1 fully saturated rings. The number of aromatic nitrogens is 1.